The number of hydrogen-bond donors (Lipinski definition) is 21. The second kappa shape index (κ2) is 29.7. The summed E-state index contributed by atoms with van der Waals surface area (Å²) in [7, 11) is 0. The lowest BCUT2D eigenvalue weighted by atomic mass is 9.52. The molecule has 558 valence electrons. The number of hydrogen-bond acceptors (Lipinski definition) is 26. The van der Waals surface area contributed by atoms with Crippen molar-refractivity contribution in [3.05, 3.63) is 0 Å². The molecule has 26 nitrogen and oxygen atoms in total. The molecule has 8 aliphatic carbocycles. The molecule has 0 radical (unpaired) electrons. The van der Waals surface area contributed by atoms with Crippen LogP contribution in [0.5, 0.6) is 0 Å². The Morgan fingerprint density at radius 2 is 0.619 bits per heavy atom. The highest BCUT2D eigenvalue weighted by Crippen LogP contribution is 2.60. The van der Waals surface area contributed by atoms with Crippen molar-refractivity contribution >= 4 is 0 Å². The van der Waals surface area contributed by atoms with E-state index in [0.29, 0.717) is 19.3 Å². The fourth-order valence-electron chi connectivity index (χ4n) is 24.0. The lowest BCUT2D eigenvalue weighted by molar-refractivity contribution is -0.307. The normalized spacial score (nSPS) is 60.4. The van der Waals surface area contributed by atoms with Crippen molar-refractivity contribution in [2.45, 2.75) is 338 Å². The molecule has 97 heavy (non-hydrogen) atoms. The molecule has 21 N–H and O–H groups in total. The molecule has 26 heteroatoms. The van der Waals surface area contributed by atoms with E-state index >= 15 is 0 Å². The van der Waals surface area contributed by atoms with Crippen LogP contribution in [-0.4, -0.2) is 296 Å². The number of aliphatic hydroxyl groups is 21. The van der Waals surface area contributed by atoms with E-state index in [0.717, 1.165) is 0 Å². The number of aliphatic hydroxyl groups excluding tert-OH is 21. The van der Waals surface area contributed by atoms with E-state index in [4.69, 9.17) is 23.7 Å². The third-order valence-electron chi connectivity index (χ3n) is 28.6. The van der Waals surface area contributed by atoms with E-state index in [9.17, 15) is 107 Å². The molecule has 0 aromatic carbocycles. The molecule has 8 saturated carbocycles. The van der Waals surface area contributed by atoms with Gasteiger partial charge in [-0.3, -0.25) is 0 Å². The summed E-state index contributed by atoms with van der Waals surface area (Å²) in [6.45, 7) is 5.22. The molecular weight excluding hydrogens is 1270 g/mol. The van der Waals surface area contributed by atoms with Gasteiger partial charge in [-0.1, -0.05) is 6.92 Å². The average molecular weight is 1390 g/mol. The first kappa shape index (κ1) is 74.2. The zero-order valence-electron chi connectivity index (χ0n) is 56.3. The van der Waals surface area contributed by atoms with Crippen LogP contribution in [0.3, 0.4) is 0 Å². The molecule has 0 aromatic rings. The summed E-state index contributed by atoms with van der Waals surface area (Å²) in [5.74, 6) is -14.6. The van der Waals surface area contributed by atoms with Crippen molar-refractivity contribution in [3.63, 3.8) is 0 Å². The minimum atomic E-state index is -1.64. The van der Waals surface area contributed by atoms with Gasteiger partial charge in [-0.15, -0.1) is 0 Å². The first-order valence-corrected chi connectivity index (χ1v) is 37.6. The summed E-state index contributed by atoms with van der Waals surface area (Å²) < 4.78 is 34.8. The quantitative estimate of drug-likeness (QED) is 0.114. The van der Waals surface area contributed by atoms with Crippen LogP contribution in [0.15, 0.2) is 0 Å². The second-order valence-electron chi connectivity index (χ2n) is 33.9. The maximum Gasteiger partial charge on any atom is 0.0870 e. The smallest absolute Gasteiger partial charge is 0.0870 e. The standard InChI is InChI=1S/C71H118O26/c1-24-32-18-50(89)67(28-5-9-35(74)39(78)13-28)96-52(32)23-49(88)54(24)59-46(85)20-43(82)55(25(2)94-68(65(59)91)29-6-10-36(75)40(79)14-29)62-60-47(86)22-45(84)57(71(60)97-69(66(62)92)30-7-11-37(76)41(80)15-30)33-19-51(27-4-8-34(73)38(77)12-27)95-70-56(33)44(83)21-48(87)61(70)63-58-42(81)16-31(72)17-53(58)93-26(3)64(63)90/h24-92H,4-23H2,1-3H3/t24?,25?,26-,27?,28?,29?,30?,31?,32?,33?,34?,35?,36?,37?,38?,39?,40?,41?,42?,43?,44?,45?,46?,47?,48?,49?,50?,51?,52?,53?,54?,55?,56?,57?,58?,59?,60?,61?,62?,63?,64?,65?,66?,67?,68?,69?,70?,71?/m0/s1. The molecule has 0 bridgehead atoms. The Morgan fingerprint density at radius 3 is 1.15 bits per heavy atom. The Morgan fingerprint density at radius 1 is 0.206 bits per heavy atom. The minimum Gasteiger partial charge on any atom is -0.393 e. The highest BCUT2D eigenvalue weighted by molar-refractivity contribution is 5.15. The van der Waals surface area contributed by atoms with Crippen LogP contribution in [0.4, 0.5) is 0 Å². The van der Waals surface area contributed by atoms with Gasteiger partial charge in [-0.25, -0.2) is 0 Å². The van der Waals surface area contributed by atoms with Gasteiger partial charge in [0.25, 0.3) is 0 Å². The van der Waals surface area contributed by atoms with Crippen molar-refractivity contribution < 1.29 is 131 Å². The first-order valence-electron chi connectivity index (χ1n) is 37.6. The van der Waals surface area contributed by atoms with Crippen LogP contribution >= 0.6 is 0 Å². The van der Waals surface area contributed by atoms with Crippen LogP contribution in [0.2, 0.25) is 0 Å². The summed E-state index contributed by atoms with van der Waals surface area (Å²) >= 11 is 0. The van der Waals surface area contributed by atoms with Crippen molar-refractivity contribution in [2.24, 2.45) is 101 Å². The molecule has 48 atom stereocenters. The Kier molecular flexibility index (Phi) is 22.7. The molecule has 0 aromatic heterocycles. The molecule has 13 rings (SSSR count). The van der Waals surface area contributed by atoms with Crippen LogP contribution in [-0.2, 0) is 23.7 Å². The van der Waals surface area contributed by atoms with Gasteiger partial charge in [-0.2, -0.15) is 0 Å². The van der Waals surface area contributed by atoms with Gasteiger partial charge in [0.05, 0.1) is 189 Å². The van der Waals surface area contributed by atoms with Crippen LogP contribution in [0.25, 0.3) is 0 Å². The molecule has 5 heterocycles. The molecule has 0 amide bonds. The molecule has 13 fully saturated rings. The summed E-state index contributed by atoms with van der Waals surface area (Å²) in [6, 6.07) is 0. The zero-order valence-corrected chi connectivity index (χ0v) is 56.3. The second-order valence-corrected chi connectivity index (χ2v) is 33.9. The number of rotatable bonds is 8. The third-order valence-corrected chi connectivity index (χ3v) is 28.6. The number of fused-ring (bicyclic) bond motifs is 4. The fourth-order valence-corrected chi connectivity index (χ4v) is 24.0. The fraction of sp³-hybridized carbons (Fsp3) is 1.00. The highest BCUT2D eigenvalue weighted by atomic mass is 16.5. The first-order chi connectivity index (χ1) is 46.0. The Hall–Kier alpha value is -1.04. The maximum absolute atomic E-state index is 13.6. The Balaban J connectivity index is 0.882. The summed E-state index contributed by atoms with van der Waals surface area (Å²) in [5, 5.41) is 252. The van der Waals surface area contributed by atoms with Gasteiger partial charge in [0.1, 0.15) is 0 Å². The molecule has 13 aliphatic rings. The molecule has 5 aliphatic heterocycles. The van der Waals surface area contributed by atoms with E-state index in [1.165, 1.54) is 0 Å². The largest absolute Gasteiger partial charge is 0.393 e. The lowest BCUT2D eigenvalue weighted by Gasteiger charge is -2.62. The topological polar surface area (TPSA) is 471 Å². The predicted molar refractivity (Wildman–Crippen MR) is 338 cm³/mol. The van der Waals surface area contributed by atoms with Crippen molar-refractivity contribution in [3.8, 4) is 0 Å². The summed E-state index contributed by atoms with van der Waals surface area (Å²) in [6.07, 6.45) is -34.3. The van der Waals surface area contributed by atoms with Gasteiger partial charge in [-0.05, 0) is 183 Å². The average Bonchev–Trinajstić information content (AvgIpc) is 1.06. The van der Waals surface area contributed by atoms with Crippen LogP contribution in [0.1, 0.15) is 149 Å². The van der Waals surface area contributed by atoms with Gasteiger partial charge >= 0.3 is 0 Å². The zero-order chi connectivity index (χ0) is 69.4. The Bertz CT molecular complexity index is 2580. The van der Waals surface area contributed by atoms with Crippen molar-refractivity contribution in [1.82, 2.24) is 0 Å². The molecule has 0 spiro atoms. The van der Waals surface area contributed by atoms with Gasteiger partial charge in [0, 0.05) is 59.7 Å². The predicted octanol–water partition coefficient (Wildman–Crippen LogP) is -3.15. The van der Waals surface area contributed by atoms with Crippen LogP contribution in [0, 0.1) is 101 Å². The van der Waals surface area contributed by atoms with Crippen molar-refractivity contribution in [1.29, 1.82) is 0 Å². The third kappa shape index (κ3) is 13.9. The van der Waals surface area contributed by atoms with E-state index in [1.54, 1.807) is 13.8 Å². The van der Waals surface area contributed by atoms with E-state index in [-0.39, 0.29) is 109 Å². The van der Waals surface area contributed by atoms with E-state index in [1.807, 2.05) is 6.92 Å². The molecule has 47 unspecified atom stereocenters. The maximum atomic E-state index is 13.6. The van der Waals surface area contributed by atoms with E-state index in [2.05, 4.69) is 0 Å². The Labute approximate surface area is 567 Å². The van der Waals surface area contributed by atoms with Crippen molar-refractivity contribution in [2.75, 3.05) is 0 Å². The SMILES string of the molecule is CC1OC(C2CCC(O)C(O)C2)C(O)C(C2C(O)CC3OC(C4CCC(O)C(O)C4)C(O)CC3C2C)C(O)CC(O)C1C1C(O)C(C2CCC(O)C(O)C2)OC2C(C3CC(C4CCC(O)C(O)C4)OC4C3C(O)CC(O)C4C3C4C(O)CC(O)CC4O[C@@H](C)C3O)C(O)CC(O)C21. The lowest BCUT2D eigenvalue weighted by Crippen LogP contribution is -2.70. The molecule has 5 saturated heterocycles. The monoisotopic (exact) mass is 1390 g/mol. The highest BCUT2D eigenvalue weighted by Gasteiger charge is 2.67. The summed E-state index contributed by atoms with van der Waals surface area (Å²) in [5.41, 5.74) is 0. The number of ether oxygens (including phenoxy) is 5. The van der Waals surface area contributed by atoms with Gasteiger partial charge < -0.3 is 131 Å². The minimum absolute atomic E-state index is 0.0272. The van der Waals surface area contributed by atoms with Crippen LogP contribution < -0.4 is 0 Å². The summed E-state index contributed by atoms with van der Waals surface area (Å²) in [4.78, 5) is 0. The van der Waals surface area contributed by atoms with Gasteiger partial charge in [0.15, 0.2) is 0 Å². The van der Waals surface area contributed by atoms with E-state index < -0.39 is 290 Å². The van der Waals surface area contributed by atoms with Gasteiger partial charge in [0.2, 0.25) is 0 Å². The molecular formula is C71H118O26.